The van der Waals surface area contributed by atoms with Gasteiger partial charge in [0.25, 0.3) is 0 Å². The predicted octanol–water partition coefficient (Wildman–Crippen LogP) is 4.91. The lowest BCUT2D eigenvalue weighted by Gasteiger charge is -2.63. The van der Waals surface area contributed by atoms with Gasteiger partial charge in [-0.3, -0.25) is 9.59 Å². The molecule has 0 aromatic heterocycles. The number of fused-ring (bicyclic) bond motifs is 3. The standard InChI is InChI=1S/C29H36N2O6/c1-27(2,3)37-26(34)31(18-19-11-13-20(35-5)14-12-19)16-15-29-21-9-7-8-10-23(21)30-24(32)22(29)17-28(29,4)25(33)36-6/h7-14,22H,15-18H2,1-6H3,(H,30,32)/t22-,28-,29+/m1/s1. The number of hydrogen-bond acceptors (Lipinski definition) is 6. The predicted molar refractivity (Wildman–Crippen MR) is 139 cm³/mol. The maximum absolute atomic E-state index is 13.3. The van der Waals surface area contributed by atoms with Crippen molar-refractivity contribution in [3.63, 3.8) is 0 Å². The molecule has 8 nitrogen and oxygen atoms in total. The van der Waals surface area contributed by atoms with Gasteiger partial charge < -0.3 is 24.4 Å². The highest BCUT2D eigenvalue weighted by Gasteiger charge is 2.71. The summed E-state index contributed by atoms with van der Waals surface area (Å²) < 4.78 is 16.2. The average molecular weight is 509 g/mol. The molecule has 1 heterocycles. The molecule has 0 unspecified atom stereocenters. The Kier molecular flexibility index (Phi) is 6.97. The van der Waals surface area contributed by atoms with Crippen LogP contribution in [0.25, 0.3) is 0 Å². The maximum Gasteiger partial charge on any atom is 0.410 e. The molecule has 4 rings (SSSR count). The van der Waals surface area contributed by atoms with Crippen molar-refractivity contribution in [2.24, 2.45) is 11.3 Å². The van der Waals surface area contributed by atoms with Crippen LogP contribution in [0.15, 0.2) is 48.5 Å². The van der Waals surface area contributed by atoms with Crippen molar-refractivity contribution >= 4 is 23.7 Å². The number of rotatable bonds is 7. The minimum atomic E-state index is -0.917. The fraction of sp³-hybridized carbons (Fsp3) is 0.483. The van der Waals surface area contributed by atoms with E-state index in [0.717, 1.165) is 16.9 Å². The lowest BCUT2D eigenvalue weighted by Crippen LogP contribution is -2.69. The minimum absolute atomic E-state index is 0.112. The van der Waals surface area contributed by atoms with Crippen LogP contribution in [0.2, 0.25) is 0 Å². The summed E-state index contributed by atoms with van der Waals surface area (Å²) in [7, 11) is 2.98. The van der Waals surface area contributed by atoms with E-state index in [1.807, 2.05) is 76.2 Å². The third-order valence-corrected chi connectivity index (χ3v) is 7.77. The number of carbonyl (C=O) groups is 3. The fourth-order valence-corrected chi connectivity index (χ4v) is 5.92. The van der Waals surface area contributed by atoms with Gasteiger partial charge in [-0.2, -0.15) is 0 Å². The molecule has 0 bridgehead atoms. The summed E-state index contributed by atoms with van der Waals surface area (Å²) in [6.45, 7) is 7.94. The molecule has 3 atom stereocenters. The second-order valence-corrected chi connectivity index (χ2v) is 11.1. The van der Waals surface area contributed by atoms with E-state index >= 15 is 0 Å². The van der Waals surface area contributed by atoms with E-state index in [-0.39, 0.29) is 18.4 Å². The first-order valence-electron chi connectivity index (χ1n) is 12.5. The zero-order chi connectivity index (χ0) is 27.0. The van der Waals surface area contributed by atoms with Crippen LogP contribution in [0.4, 0.5) is 10.5 Å². The first-order valence-corrected chi connectivity index (χ1v) is 12.5. The quantitative estimate of drug-likeness (QED) is 0.534. The molecule has 1 aliphatic carbocycles. The summed E-state index contributed by atoms with van der Waals surface area (Å²) in [4.78, 5) is 41.3. The van der Waals surface area contributed by atoms with E-state index in [0.29, 0.717) is 25.1 Å². The zero-order valence-electron chi connectivity index (χ0n) is 22.4. The van der Waals surface area contributed by atoms with Gasteiger partial charge in [-0.25, -0.2) is 4.79 Å². The van der Waals surface area contributed by atoms with E-state index in [9.17, 15) is 14.4 Å². The highest BCUT2D eigenvalue weighted by Crippen LogP contribution is 2.67. The normalized spacial score (nSPS) is 24.1. The Hall–Kier alpha value is -3.55. The van der Waals surface area contributed by atoms with Crippen molar-refractivity contribution in [2.45, 2.75) is 58.1 Å². The smallest absolute Gasteiger partial charge is 0.410 e. The van der Waals surface area contributed by atoms with Gasteiger partial charge in [-0.05, 0) is 69.9 Å². The lowest BCUT2D eigenvalue weighted by molar-refractivity contribution is -0.179. The number of anilines is 1. The molecule has 2 aromatic carbocycles. The van der Waals surface area contributed by atoms with Crippen LogP contribution < -0.4 is 10.1 Å². The molecule has 0 radical (unpaired) electrons. The van der Waals surface area contributed by atoms with E-state index in [2.05, 4.69) is 5.32 Å². The Morgan fingerprint density at radius 1 is 1.08 bits per heavy atom. The third-order valence-electron chi connectivity index (χ3n) is 7.77. The highest BCUT2D eigenvalue weighted by atomic mass is 16.6. The van der Waals surface area contributed by atoms with Crippen molar-refractivity contribution in [1.29, 1.82) is 0 Å². The van der Waals surface area contributed by atoms with E-state index in [1.54, 1.807) is 12.0 Å². The van der Waals surface area contributed by atoms with Crippen molar-refractivity contribution in [1.82, 2.24) is 4.90 Å². The third kappa shape index (κ3) is 4.65. The van der Waals surface area contributed by atoms with Crippen LogP contribution in [0, 0.1) is 11.3 Å². The summed E-state index contributed by atoms with van der Waals surface area (Å²) in [5.74, 6) is -0.151. The Morgan fingerprint density at radius 3 is 2.38 bits per heavy atom. The first kappa shape index (κ1) is 26.5. The first-order chi connectivity index (χ1) is 17.4. The molecule has 198 valence electrons. The van der Waals surface area contributed by atoms with Crippen LogP contribution in [0.1, 0.15) is 51.7 Å². The second-order valence-electron chi connectivity index (χ2n) is 11.1. The van der Waals surface area contributed by atoms with Gasteiger partial charge in [0.2, 0.25) is 5.91 Å². The van der Waals surface area contributed by atoms with Gasteiger partial charge >= 0.3 is 12.1 Å². The number of methoxy groups -OCH3 is 2. The average Bonchev–Trinajstić information content (AvgIpc) is 2.85. The SMILES string of the molecule is COC(=O)[C@@]1(C)C[C@@H]2C(=O)Nc3ccccc3[C@@]21CCN(Cc1ccc(OC)cc1)C(=O)OC(C)(C)C. The Morgan fingerprint density at radius 2 is 1.76 bits per heavy atom. The van der Waals surface area contributed by atoms with Gasteiger partial charge in [0, 0.05) is 24.2 Å². The fourth-order valence-electron chi connectivity index (χ4n) is 5.92. The minimum Gasteiger partial charge on any atom is -0.497 e. The van der Waals surface area contributed by atoms with Crippen molar-refractivity contribution in [2.75, 3.05) is 26.1 Å². The number of benzene rings is 2. The largest absolute Gasteiger partial charge is 0.497 e. The van der Waals surface area contributed by atoms with Crippen LogP contribution in [0.5, 0.6) is 5.75 Å². The molecule has 2 amide bonds. The molecule has 0 saturated heterocycles. The summed E-state index contributed by atoms with van der Waals surface area (Å²) in [5, 5.41) is 2.99. The van der Waals surface area contributed by atoms with E-state index in [4.69, 9.17) is 14.2 Å². The molecule has 2 aliphatic rings. The number of amides is 2. The second kappa shape index (κ2) is 9.72. The molecule has 8 heteroatoms. The molecule has 1 N–H and O–H groups in total. The number of para-hydroxylation sites is 1. The van der Waals surface area contributed by atoms with Gasteiger partial charge in [-0.15, -0.1) is 0 Å². The number of hydrogen-bond donors (Lipinski definition) is 1. The molecule has 1 saturated carbocycles. The van der Waals surface area contributed by atoms with Crippen LogP contribution in [-0.2, 0) is 31.0 Å². The molecule has 0 spiro atoms. The van der Waals surface area contributed by atoms with Gasteiger partial charge in [0.15, 0.2) is 0 Å². The van der Waals surface area contributed by atoms with Gasteiger partial charge in [0.05, 0.1) is 25.6 Å². The van der Waals surface area contributed by atoms with Crippen LogP contribution in [0.3, 0.4) is 0 Å². The molecular formula is C29H36N2O6. The van der Waals surface area contributed by atoms with Crippen LogP contribution in [-0.4, -0.2) is 49.2 Å². The Balaban J connectivity index is 1.71. The van der Waals surface area contributed by atoms with Crippen molar-refractivity contribution in [3.05, 3.63) is 59.7 Å². The Bertz CT molecular complexity index is 1190. The highest BCUT2D eigenvalue weighted by molar-refractivity contribution is 6.01. The molecular weight excluding hydrogens is 472 g/mol. The zero-order valence-corrected chi connectivity index (χ0v) is 22.4. The lowest BCUT2D eigenvalue weighted by atomic mass is 9.39. The number of nitrogens with one attached hydrogen (secondary N) is 1. The number of esters is 1. The van der Waals surface area contributed by atoms with E-state index < -0.39 is 28.4 Å². The molecule has 37 heavy (non-hydrogen) atoms. The summed E-state index contributed by atoms with van der Waals surface area (Å²) >= 11 is 0. The monoisotopic (exact) mass is 508 g/mol. The summed E-state index contributed by atoms with van der Waals surface area (Å²) in [6.07, 6.45) is 0.317. The van der Waals surface area contributed by atoms with Gasteiger partial charge in [0.1, 0.15) is 11.4 Å². The number of ether oxygens (including phenoxy) is 3. The topological polar surface area (TPSA) is 94.2 Å². The van der Waals surface area contributed by atoms with Crippen molar-refractivity contribution in [3.8, 4) is 5.75 Å². The molecule has 2 aromatic rings. The molecule has 1 aliphatic heterocycles. The number of carbonyl (C=O) groups excluding carboxylic acids is 3. The van der Waals surface area contributed by atoms with Crippen molar-refractivity contribution < 1.29 is 28.6 Å². The molecule has 1 fully saturated rings. The van der Waals surface area contributed by atoms with E-state index in [1.165, 1.54) is 7.11 Å². The maximum atomic E-state index is 13.3. The summed E-state index contributed by atoms with van der Waals surface area (Å²) in [6, 6.07) is 15.1. The van der Waals surface area contributed by atoms with Crippen LogP contribution >= 0.6 is 0 Å². The summed E-state index contributed by atoms with van der Waals surface area (Å²) in [5.41, 5.74) is 0.0838. The number of nitrogens with zero attached hydrogens (tertiary/aromatic N) is 1. The van der Waals surface area contributed by atoms with Gasteiger partial charge in [-0.1, -0.05) is 30.3 Å². The Labute approximate surface area is 218 Å².